The maximum Gasteiger partial charge on any atom is 0.0762 e. The van der Waals surface area contributed by atoms with E-state index in [9.17, 15) is 0 Å². The van der Waals surface area contributed by atoms with Gasteiger partial charge in [0, 0.05) is 0 Å². The SMILES string of the molecule is NC(N)COCC(N)N. The fourth-order valence-electron chi connectivity index (χ4n) is 0.340. The van der Waals surface area contributed by atoms with Crippen molar-refractivity contribution >= 4 is 0 Å². The second kappa shape index (κ2) is 4.66. The summed E-state index contributed by atoms with van der Waals surface area (Å²) in [4.78, 5) is 0. The molecular weight excluding hydrogens is 120 g/mol. The van der Waals surface area contributed by atoms with Crippen molar-refractivity contribution < 1.29 is 4.74 Å². The van der Waals surface area contributed by atoms with Gasteiger partial charge in [-0.15, -0.1) is 0 Å². The molecule has 0 aromatic rings. The van der Waals surface area contributed by atoms with Crippen molar-refractivity contribution in [2.75, 3.05) is 13.2 Å². The van der Waals surface area contributed by atoms with Crippen LogP contribution in [0.1, 0.15) is 0 Å². The molecule has 0 radical (unpaired) electrons. The Morgan fingerprint density at radius 1 is 0.889 bits per heavy atom. The van der Waals surface area contributed by atoms with E-state index in [1.54, 1.807) is 0 Å². The number of ether oxygens (including phenoxy) is 1. The molecule has 0 spiro atoms. The lowest BCUT2D eigenvalue weighted by atomic mass is 10.5. The van der Waals surface area contributed by atoms with Gasteiger partial charge in [-0.2, -0.15) is 0 Å². The highest BCUT2D eigenvalue weighted by molar-refractivity contribution is 4.50. The minimum absolute atomic E-state index is 0.297. The molecule has 0 saturated heterocycles. The number of nitrogens with two attached hydrogens (primary N) is 4. The highest BCUT2D eigenvalue weighted by Gasteiger charge is 1.95. The summed E-state index contributed by atoms with van der Waals surface area (Å²) in [7, 11) is 0. The predicted molar refractivity (Wildman–Crippen MR) is 35.1 cm³/mol. The molecule has 0 aromatic carbocycles. The van der Waals surface area contributed by atoms with Crippen LogP contribution in [-0.2, 0) is 4.74 Å². The Hall–Kier alpha value is -0.200. The summed E-state index contributed by atoms with van der Waals surface area (Å²) in [6.45, 7) is 0.593. The van der Waals surface area contributed by atoms with Crippen molar-refractivity contribution in [1.29, 1.82) is 0 Å². The van der Waals surface area contributed by atoms with E-state index in [2.05, 4.69) is 0 Å². The summed E-state index contributed by atoms with van der Waals surface area (Å²) in [6, 6.07) is 0. The lowest BCUT2D eigenvalue weighted by molar-refractivity contribution is 0.111. The molecule has 0 fully saturated rings. The Morgan fingerprint density at radius 2 is 1.22 bits per heavy atom. The lowest BCUT2D eigenvalue weighted by Crippen LogP contribution is -2.40. The average molecular weight is 134 g/mol. The topological polar surface area (TPSA) is 113 Å². The Bertz CT molecular complexity index is 57.6. The van der Waals surface area contributed by atoms with E-state index in [1.165, 1.54) is 0 Å². The number of hydrogen-bond acceptors (Lipinski definition) is 5. The third kappa shape index (κ3) is 7.80. The first-order valence-corrected chi connectivity index (χ1v) is 2.73. The summed E-state index contributed by atoms with van der Waals surface area (Å²) in [5.74, 6) is 0. The summed E-state index contributed by atoms with van der Waals surface area (Å²) in [5.41, 5.74) is 20.6. The van der Waals surface area contributed by atoms with Crippen molar-refractivity contribution in [2.24, 2.45) is 22.9 Å². The van der Waals surface area contributed by atoms with E-state index < -0.39 is 12.3 Å². The molecular formula is C4H14N4O. The van der Waals surface area contributed by atoms with Gasteiger partial charge in [0.2, 0.25) is 0 Å². The van der Waals surface area contributed by atoms with E-state index in [0.717, 1.165) is 0 Å². The van der Waals surface area contributed by atoms with Crippen LogP contribution in [0.3, 0.4) is 0 Å². The smallest absolute Gasteiger partial charge is 0.0762 e. The number of hydrogen-bond donors (Lipinski definition) is 4. The van der Waals surface area contributed by atoms with Crippen LogP contribution in [0, 0.1) is 0 Å². The first-order chi connectivity index (χ1) is 4.13. The van der Waals surface area contributed by atoms with Crippen molar-refractivity contribution in [3.63, 3.8) is 0 Å². The molecule has 56 valence electrons. The summed E-state index contributed by atoms with van der Waals surface area (Å²) < 4.78 is 4.86. The predicted octanol–water partition coefficient (Wildman–Crippen LogP) is -2.51. The van der Waals surface area contributed by atoms with Crippen molar-refractivity contribution in [1.82, 2.24) is 0 Å². The van der Waals surface area contributed by atoms with Crippen LogP contribution >= 0.6 is 0 Å². The average Bonchev–Trinajstić information content (AvgIpc) is 1.63. The highest BCUT2D eigenvalue weighted by Crippen LogP contribution is 1.74. The van der Waals surface area contributed by atoms with Gasteiger partial charge in [0.15, 0.2) is 0 Å². The minimum Gasteiger partial charge on any atom is -0.375 e. The maximum absolute atomic E-state index is 5.15. The van der Waals surface area contributed by atoms with Gasteiger partial charge in [0.05, 0.1) is 25.5 Å². The molecule has 0 bridgehead atoms. The maximum atomic E-state index is 5.15. The van der Waals surface area contributed by atoms with E-state index in [0.29, 0.717) is 13.2 Å². The van der Waals surface area contributed by atoms with Crippen LogP contribution in [0.5, 0.6) is 0 Å². The van der Waals surface area contributed by atoms with E-state index in [4.69, 9.17) is 27.7 Å². The van der Waals surface area contributed by atoms with Crippen LogP contribution in [0.25, 0.3) is 0 Å². The highest BCUT2D eigenvalue weighted by atomic mass is 16.5. The van der Waals surface area contributed by atoms with Crippen LogP contribution in [0.15, 0.2) is 0 Å². The van der Waals surface area contributed by atoms with Crippen molar-refractivity contribution in [3.05, 3.63) is 0 Å². The second-order valence-corrected chi connectivity index (χ2v) is 1.87. The van der Waals surface area contributed by atoms with Crippen molar-refractivity contribution in [2.45, 2.75) is 12.3 Å². The Labute approximate surface area is 54.3 Å². The summed E-state index contributed by atoms with van der Waals surface area (Å²) >= 11 is 0. The Morgan fingerprint density at radius 3 is 1.44 bits per heavy atom. The third-order valence-corrected chi connectivity index (χ3v) is 0.621. The zero-order valence-corrected chi connectivity index (χ0v) is 5.29. The third-order valence-electron chi connectivity index (χ3n) is 0.621. The summed E-state index contributed by atoms with van der Waals surface area (Å²) in [5, 5.41) is 0. The van der Waals surface area contributed by atoms with E-state index >= 15 is 0 Å². The van der Waals surface area contributed by atoms with Gasteiger partial charge >= 0.3 is 0 Å². The first kappa shape index (κ1) is 8.80. The first-order valence-electron chi connectivity index (χ1n) is 2.73. The van der Waals surface area contributed by atoms with Gasteiger partial charge in [-0.1, -0.05) is 0 Å². The van der Waals surface area contributed by atoms with Gasteiger partial charge in [-0.05, 0) is 0 Å². The van der Waals surface area contributed by atoms with Crippen LogP contribution < -0.4 is 22.9 Å². The molecule has 0 unspecified atom stereocenters. The molecule has 5 heteroatoms. The number of rotatable bonds is 4. The fraction of sp³-hybridized carbons (Fsp3) is 1.00. The Balaban J connectivity index is 2.91. The molecule has 0 saturated carbocycles. The van der Waals surface area contributed by atoms with Crippen LogP contribution in [0.4, 0.5) is 0 Å². The largest absolute Gasteiger partial charge is 0.375 e. The molecule has 0 rings (SSSR count). The second-order valence-electron chi connectivity index (χ2n) is 1.87. The van der Waals surface area contributed by atoms with E-state index in [-0.39, 0.29) is 0 Å². The fourth-order valence-corrected chi connectivity index (χ4v) is 0.340. The zero-order valence-electron chi connectivity index (χ0n) is 5.29. The Kier molecular flexibility index (Phi) is 4.55. The molecule has 0 atom stereocenters. The van der Waals surface area contributed by atoms with Gasteiger partial charge in [-0.3, -0.25) is 0 Å². The standard InChI is InChI=1S/C4H14N4O/c5-3(6)1-9-2-4(7)8/h3-4H,1-2,5-8H2. The minimum atomic E-state index is -0.441. The van der Waals surface area contributed by atoms with Gasteiger partial charge < -0.3 is 27.7 Å². The van der Waals surface area contributed by atoms with Gasteiger partial charge in [0.1, 0.15) is 0 Å². The molecule has 0 heterocycles. The molecule has 0 aromatic heterocycles. The quantitative estimate of drug-likeness (QED) is 0.317. The monoisotopic (exact) mass is 134 g/mol. The molecule has 0 aliphatic carbocycles. The molecule has 5 nitrogen and oxygen atoms in total. The van der Waals surface area contributed by atoms with E-state index in [1.807, 2.05) is 0 Å². The molecule has 9 heavy (non-hydrogen) atoms. The normalized spacial score (nSPS) is 11.3. The zero-order chi connectivity index (χ0) is 7.28. The molecule has 0 amide bonds. The van der Waals surface area contributed by atoms with Crippen LogP contribution in [0.2, 0.25) is 0 Å². The molecule has 0 aliphatic rings. The lowest BCUT2D eigenvalue weighted by Gasteiger charge is -2.08. The molecule has 8 N–H and O–H groups in total. The van der Waals surface area contributed by atoms with Crippen LogP contribution in [-0.4, -0.2) is 25.5 Å². The molecule has 0 aliphatic heterocycles. The summed E-state index contributed by atoms with van der Waals surface area (Å²) in [6.07, 6.45) is -0.882. The van der Waals surface area contributed by atoms with Gasteiger partial charge in [-0.25, -0.2) is 0 Å². The van der Waals surface area contributed by atoms with Gasteiger partial charge in [0.25, 0.3) is 0 Å². The van der Waals surface area contributed by atoms with Crippen molar-refractivity contribution in [3.8, 4) is 0 Å².